The quantitative estimate of drug-likeness (QED) is 0.186. The molecule has 4 heterocycles. The topological polar surface area (TPSA) is 43.7 Å². The van der Waals surface area contributed by atoms with Crippen LogP contribution in [0.1, 0.15) is 0 Å². The maximum absolute atomic E-state index is 6.60. The van der Waals surface area contributed by atoms with Crippen LogP contribution in [-0.4, -0.2) is 4.57 Å². The number of nitrogens with zero attached hydrogens (tertiary/aromatic N) is 2. The Morgan fingerprint density at radius 1 is 0.415 bits per heavy atom. The zero-order valence-electron chi connectivity index (χ0n) is 28.3. The molecule has 1 aliphatic heterocycles. The number of fused-ring (bicyclic) bond motifs is 11. The highest BCUT2D eigenvalue weighted by Crippen LogP contribution is 2.48. The molecule has 0 amide bonds. The van der Waals surface area contributed by atoms with E-state index in [0.717, 1.165) is 94.8 Å². The van der Waals surface area contributed by atoms with E-state index >= 15 is 0 Å². The Balaban J connectivity index is 1.02. The molecule has 248 valence electrons. The molecule has 0 spiro atoms. The van der Waals surface area contributed by atoms with E-state index in [0.29, 0.717) is 0 Å². The van der Waals surface area contributed by atoms with Crippen molar-refractivity contribution in [1.29, 1.82) is 0 Å². The fourth-order valence-corrected chi connectivity index (χ4v) is 8.43. The molecule has 0 saturated heterocycles. The highest BCUT2D eigenvalue weighted by molar-refractivity contribution is 6.14. The monoisotopic (exact) mass is 680 g/mol. The van der Waals surface area contributed by atoms with Crippen LogP contribution in [-0.2, 0) is 0 Å². The lowest BCUT2D eigenvalue weighted by Gasteiger charge is -2.26. The van der Waals surface area contributed by atoms with E-state index in [1.54, 1.807) is 0 Å². The average molecular weight is 681 g/mol. The van der Waals surface area contributed by atoms with Gasteiger partial charge in [0.1, 0.15) is 11.2 Å². The van der Waals surface area contributed by atoms with Gasteiger partial charge in [0.2, 0.25) is 0 Å². The molecule has 11 aromatic rings. The van der Waals surface area contributed by atoms with Crippen LogP contribution in [0.15, 0.2) is 179 Å². The van der Waals surface area contributed by atoms with Crippen molar-refractivity contribution in [2.45, 2.75) is 0 Å². The predicted octanol–water partition coefficient (Wildman–Crippen LogP) is 13.8. The predicted molar refractivity (Wildman–Crippen MR) is 216 cm³/mol. The first-order valence-electron chi connectivity index (χ1n) is 17.8. The van der Waals surface area contributed by atoms with E-state index in [4.69, 9.17) is 13.6 Å². The molecule has 53 heavy (non-hydrogen) atoms. The SMILES string of the molecule is c1ccc2c(c1)oc1c(N(c3ccc(-c4ccc5c(c4)Oc4cccc6c7ccccc7n-5c46)cc3)c3cccc4c3oc3ccccc34)cccc12. The molecule has 0 atom stereocenters. The Morgan fingerprint density at radius 2 is 0.981 bits per heavy atom. The second-order valence-corrected chi connectivity index (χ2v) is 13.7. The molecule has 0 unspecified atom stereocenters. The van der Waals surface area contributed by atoms with E-state index in [1.807, 2.05) is 24.3 Å². The van der Waals surface area contributed by atoms with Crippen molar-refractivity contribution in [3.05, 3.63) is 170 Å². The summed E-state index contributed by atoms with van der Waals surface area (Å²) < 4.78 is 22.1. The molecule has 3 aromatic heterocycles. The lowest BCUT2D eigenvalue weighted by Crippen LogP contribution is -2.10. The molecule has 8 aromatic carbocycles. The summed E-state index contributed by atoms with van der Waals surface area (Å²) >= 11 is 0. The van der Waals surface area contributed by atoms with Crippen molar-refractivity contribution >= 4 is 82.7 Å². The molecule has 0 fully saturated rings. The van der Waals surface area contributed by atoms with Gasteiger partial charge in [0, 0.05) is 38.0 Å². The number of rotatable bonds is 4. The highest BCUT2D eigenvalue weighted by Gasteiger charge is 2.25. The van der Waals surface area contributed by atoms with E-state index in [9.17, 15) is 0 Å². The standard InChI is InChI=1S/C48H28N2O3/c1-4-16-38-32(10-1)35-13-9-21-44-46(35)50(38)39-27-24-30(28-45(39)51-44)29-22-25-31(26-23-29)49(40-17-7-14-36-33-11-2-5-19-42(33)52-47(36)40)41-18-8-15-37-34-12-3-6-20-43(34)53-48(37)41/h1-28H. The average Bonchev–Trinajstić information content (AvgIpc) is 3.90. The molecule has 5 heteroatoms. The van der Waals surface area contributed by atoms with E-state index in [2.05, 4.69) is 155 Å². The van der Waals surface area contributed by atoms with Crippen molar-refractivity contribution in [2.75, 3.05) is 4.90 Å². The van der Waals surface area contributed by atoms with Crippen LogP contribution < -0.4 is 9.64 Å². The minimum absolute atomic E-state index is 0.824. The maximum Gasteiger partial charge on any atom is 0.159 e. The summed E-state index contributed by atoms with van der Waals surface area (Å²) in [7, 11) is 0. The molecule has 0 saturated carbocycles. The molecule has 0 bridgehead atoms. The van der Waals surface area contributed by atoms with Crippen molar-refractivity contribution < 1.29 is 13.6 Å². The number of hydrogen-bond donors (Lipinski definition) is 0. The lowest BCUT2D eigenvalue weighted by molar-refractivity contribution is 0.476. The summed E-state index contributed by atoms with van der Waals surface area (Å²) in [6.45, 7) is 0. The van der Waals surface area contributed by atoms with Crippen molar-refractivity contribution in [3.8, 4) is 28.3 Å². The van der Waals surface area contributed by atoms with Gasteiger partial charge in [0.25, 0.3) is 0 Å². The number of anilines is 3. The lowest BCUT2D eigenvalue weighted by atomic mass is 10.0. The van der Waals surface area contributed by atoms with E-state index in [-0.39, 0.29) is 0 Å². The fourth-order valence-electron chi connectivity index (χ4n) is 8.43. The van der Waals surface area contributed by atoms with Crippen LogP contribution in [0, 0.1) is 0 Å². The Bertz CT molecular complexity index is 3160. The third-order valence-electron chi connectivity index (χ3n) is 10.8. The van der Waals surface area contributed by atoms with Gasteiger partial charge in [-0.15, -0.1) is 0 Å². The van der Waals surface area contributed by atoms with Crippen LogP contribution in [0.25, 0.3) is 82.5 Å². The van der Waals surface area contributed by atoms with Crippen LogP contribution in [0.2, 0.25) is 0 Å². The van der Waals surface area contributed by atoms with Gasteiger partial charge in [-0.25, -0.2) is 0 Å². The molecule has 0 N–H and O–H groups in total. The molecule has 5 nitrogen and oxygen atoms in total. The molecule has 12 rings (SSSR count). The Morgan fingerprint density at radius 3 is 1.68 bits per heavy atom. The first kappa shape index (κ1) is 28.5. The van der Waals surface area contributed by atoms with Crippen LogP contribution >= 0.6 is 0 Å². The van der Waals surface area contributed by atoms with E-state index < -0.39 is 0 Å². The normalized spacial score (nSPS) is 12.3. The minimum Gasteiger partial charge on any atom is -0.454 e. The number of furan rings is 2. The van der Waals surface area contributed by atoms with Crippen molar-refractivity contribution in [3.63, 3.8) is 0 Å². The summed E-state index contributed by atoms with van der Waals surface area (Å²) in [5.41, 5.74) is 11.7. The Labute approximate surface area is 303 Å². The summed E-state index contributed by atoms with van der Waals surface area (Å²) in [5, 5.41) is 6.74. The van der Waals surface area contributed by atoms with Crippen LogP contribution in [0.4, 0.5) is 17.1 Å². The molecule has 0 aliphatic carbocycles. The van der Waals surface area contributed by atoms with Gasteiger partial charge >= 0.3 is 0 Å². The highest BCUT2D eigenvalue weighted by atomic mass is 16.5. The first-order valence-corrected chi connectivity index (χ1v) is 17.8. The third-order valence-corrected chi connectivity index (χ3v) is 10.8. The fraction of sp³-hybridized carbons (Fsp3) is 0. The van der Waals surface area contributed by atoms with Crippen molar-refractivity contribution in [1.82, 2.24) is 4.57 Å². The second kappa shape index (κ2) is 10.6. The Kier molecular flexibility index (Phi) is 5.71. The van der Waals surface area contributed by atoms with Gasteiger partial charge < -0.3 is 23.0 Å². The largest absolute Gasteiger partial charge is 0.454 e. The number of aromatic nitrogens is 1. The number of ether oxygens (including phenoxy) is 1. The maximum atomic E-state index is 6.60. The minimum atomic E-state index is 0.824. The summed E-state index contributed by atoms with van der Waals surface area (Å²) in [6, 6.07) is 59.3. The van der Waals surface area contributed by atoms with Gasteiger partial charge in [0.15, 0.2) is 22.7 Å². The van der Waals surface area contributed by atoms with Crippen LogP contribution in [0.5, 0.6) is 11.5 Å². The van der Waals surface area contributed by atoms with Gasteiger partial charge in [-0.3, -0.25) is 0 Å². The van der Waals surface area contributed by atoms with Gasteiger partial charge in [0.05, 0.1) is 28.1 Å². The van der Waals surface area contributed by atoms with Gasteiger partial charge in [-0.1, -0.05) is 109 Å². The summed E-state index contributed by atoms with van der Waals surface area (Å²) in [6.07, 6.45) is 0. The van der Waals surface area contributed by atoms with E-state index in [1.165, 1.54) is 16.3 Å². The second-order valence-electron chi connectivity index (χ2n) is 13.7. The smallest absolute Gasteiger partial charge is 0.159 e. The summed E-state index contributed by atoms with van der Waals surface area (Å²) in [5.74, 6) is 1.71. The molecular formula is C48H28N2O3. The Hall–Kier alpha value is -7.24. The molecule has 0 radical (unpaired) electrons. The molecular weight excluding hydrogens is 653 g/mol. The van der Waals surface area contributed by atoms with Crippen LogP contribution in [0.3, 0.4) is 0 Å². The molecule has 1 aliphatic rings. The number of benzene rings is 8. The van der Waals surface area contributed by atoms with Gasteiger partial charge in [-0.2, -0.15) is 0 Å². The van der Waals surface area contributed by atoms with Crippen molar-refractivity contribution in [2.24, 2.45) is 0 Å². The zero-order chi connectivity index (χ0) is 34.6. The first-order chi connectivity index (χ1) is 26.3. The van der Waals surface area contributed by atoms with Gasteiger partial charge in [-0.05, 0) is 71.8 Å². The summed E-state index contributed by atoms with van der Waals surface area (Å²) in [4.78, 5) is 2.26. The number of hydrogen-bond acceptors (Lipinski definition) is 4. The third kappa shape index (κ3) is 4.02. The zero-order valence-corrected chi connectivity index (χ0v) is 28.3. The number of para-hydroxylation sites is 6.